The Kier molecular flexibility index (Phi) is 57.4. The van der Waals surface area contributed by atoms with Gasteiger partial charge in [-0.25, -0.2) is 0 Å². The first-order valence-electron chi connectivity index (χ1n) is 3.41. The molecule has 6 heteroatoms. The molecule has 0 amide bonds. The second kappa shape index (κ2) is 30.2. The molecule has 0 rings (SSSR count). The number of nitrogens with one attached hydrogen (secondary N) is 4. The molecule has 0 spiro atoms. The quantitative estimate of drug-likeness (QED) is 0.650. The molecule has 81 valence electrons. The van der Waals surface area contributed by atoms with Crippen LogP contribution in [0.5, 0.6) is 0 Å². The van der Waals surface area contributed by atoms with Crippen LogP contribution in [-0.2, 0) is 17.1 Å². The molecule has 12 heavy (non-hydrogen) atoms. The summed E-state index contributed by atoms with van der Waals surface area (Å²) in [5.74, 6) is 0. The zero-order chi connectivity index (χ0) is 8.24. The van der Waals surface area contributed by atoms with E-state index in [0.29, 0.717) is 26.2 Å². The minimum Gasteiger partial charge on any atom is -0.677 e. The van der Waals surface area contributed by atoms with E-state index in [-0.39, 0.29) is 22.5 Å². The fourth-order valence-electron chi connectivity index (χ4n) is 0.177. The van der Waals surface area contributed by atoms with Gasteiger partial charge >= 0.3 is 17.1 Å². The van der Waals surface area contributed by atoms with Gasteiger partial charge in [-0.15, -0.1) is 0 Å². The van der Waals surface area contributed by atoms with E-state index in [1.54, 1.807) is 0 Å². The van der Waals surface area contributed by atoms with Crippen molar-refractivity contribution in [3.8, 4) is 0 Å². The molecular formula is C6H18CuN4O-2. The number of hydrogen-bond acceptors (Lipinski definition) is 0. The molecule has 0 aliphatic heterocycles. The zero-order valence-electron chi connectivity index (χ0n) is 7.04. The van der Waals surface area contributed by atoms with E-state index in [1.165, 1.54) is 0 Å². The Morgan fingerprint density at radius 2 is 0.750 bits per heavy atom. The van der Waals surface area contributed by atoms with Gasteiger partial charge in [0.1, 0.15) is 0 Å². The predicted molar refractivity (Wildman–Crippen MR) is 49.6 cm³/mol. The van der Waals surface area contributed by atoms with E-state index in [1.807, 2.05) is 0 Å². The molecule has 6 N–H and O–H groups in total. The average Bonchev–Trinajstić information content (AvgIpc) is 1.93. The molecule has 0 saturated heterocycles. The summed E-state index contributed by atoms with van der Waals surface area (Å²) in [5, 5.41) is 0. The van der Waals surface area contributed by atoms with Gasteiger partial charge in [-0.05, 0) is 0 Å². The van der Waals surface area contributed by atoms with Gasteiger partial charge in [-0.1, -0.05) is 12.8 Å². The summed E-state index contributed by atoms with van der Waals surface area (Å²) in [6.07, 6.45) is 1.44. The molecule has 0 aliphatic rings. The molecular weight excluding hydrogens is 208 g/mol. The van der Waals surface area contributed by atoms with Crippen molar-refractivity contribution < 1.29 is 22.5 Å². The van der Waals surface area contributed by atoms with Crippen LogP contribution in [-0.4, -0.2) is 31.7 Å². The van der Waals surface area contributed by atoms with Crippen molar-refractivity contribution in [3.63, 3.8) is 0 Å². The van der Waals surface area contributed by atoms with Crippen LogP contribution in [0.4, 0.5) is 0 Å². The smallest absolute Gasteiger partial charge is 0.677 e. The van der Waals surface area contributed by atoms with Crippen LogP contribution in [0.15, 0.2) is 0 Å². The fraction of sp³-hybridized carbons (Fsp3) is 1.00. The van der Waals surface area contributed by atoms with Crippen molar-refractivity contribution >= 4 is 0 Å². The molecule has 0 bridgehead atoms. The molecule has 0 heterocycles. The van der Waals surface area contributed by atoms with Gasteiger partial charge in [0.2, 0.25) is 0 Å². The Morgan fingerprint density at radius 1 is 0.583 bits per heavy atom. The Morgan fingerprint density at radius 3 is 0.750 bits per heavy atom. The summed E-state index contributed by atoms with van der Waals surface area (Å²) in [6.45, 7) is 1.62. The first kappa shape index (κ1) is 22.8. The SMILES string of the molecule is O.[Cu+2].[NH-]CCC[NH-].[NH-]CCC[NH-]. The van der Waals surface area contributed by atoms with Crippen LogP contribution >= 0.6 is 0 Å². The molecule has 0 saturated carbocycles. The first-order chi connectivity index (χ1) is 4.83. The monoisotopic (exact) mass is 225 g/mol. The van der Waals surface area contributed by atoms with Gasteiger partial charge in [-0.3, -0.25) is 0 Å². The minimum atomic E-state index is 0. The Balaban J connectivity index is -0.0000000457. The van der Waals surface area contributed by atoms with Crippen LogP contribution in [0.3, 0.4) is 0 Å². The molecule has 1 radical (unpaired) electrons. The Hall–Kier alpha value is 0.319. The van der Waals surface area contributed by atoms with Gasteiger partial charge in [0.15, 0.2) is 0 Å². The molecule has 0 atom stereocenters. The van der Waals surface area contributed by atoms with Crippen molar-refractivity contribution in [1.29, 1.82) is 0 Å². The Bertz CT molecular complexity index is 40.5. The maximum atomic E-state index is 6.48. The largest absolute Gasteiger partial charge is 2.00 e. The number of rotatable bonds is 4. The molecule has 0 aromatic rings. The van der Waals surface area contributed by atoms with Gasteiger partial charge in [0.25, 0.3) is 0 Å². The van der Waals surface area contributed by atoms with Crippen molar-refractivity contribution in [2.24, 2.45) is 0 Å². The standard InChI is InChI=1S/2C3H8N2.Cu.H2O/c2*4-2-1-3-5;;/h2*4-5H,1-3H2;;1H2/q2*-2;+2;. The van der Waals surface area contributed by atoms with E-state index in [2.05, 4.69) is 0 Å². The molecule has 0 aromatic carbocycles. The molecule has 0 aromatic heterocycles. The second-order valence-corrected chi connectivity index (χ2v) is 1.71. The van der Waals surface area contributed by atoms with E-state index >= 15 is 0 Å². The van der Waals surface area contributed by atoms with Gasteiger partial charge in [-0.2, -0.15) is 26.2 Å². The summed E-state index contributed by atoms with van der Waals surface area (Å²) in [7, 11) is 0. The van der Waals surface area contributed by atoms with Crippen molar-refractivity contribution in [1.82, 2.24) is 0 Å². The summed E-state index contributed by atoms with van der Waals surface area (Å²) < 4.78 is 0. The second-order valence-electron chi connectivity index (χ2n) is 1.71. The summed E-state index contributed by atoms with van der Waals surface area (Å²) in [4.78, 5) is 0. The van der Waals surface area contributed by atoms with Crippen molar-refractivity contribution in [3.05, 3.63) is 22.9 Å². The maximum Gasteiger partial charge on any atom is 2.00 e. The van der Waals surface area contributed by atoms with Gasteiger partial charge < -0.3 is 28.4 Å². The average molecular weight is 226 g/mol. The first-order valence-corrected chi connectivity index (χ1v) is 3.41. The van der Waals surface area contributed by atoms with Crippen LogP contribution < -0.4 is 0 Å². The van der Waals surface area contributed by atoms with Crippen LogP contribution in [0, 0.1) is 0 Å². The summed E-state index contributed by atoms with van der Waals surface area (Å²) in [5.41, 5.74) is 25.9. The maximum absolute atomic E-state index is 6.48. The zero-order valence-corrected chi connectivity index (χ0v) is 7.99. The minimum absolute atomic E-state index is 0. The van der Waals surface area contributed by atoms with Crippen LogP contribution in [0.1, 0.15) is 12.8 Å². The van der Waals surface area contributed by atoms with E-state index in [0.717, 1.165) is 12.8 Å². The topological polar surface area (TPSA) is 127 Å². The van der Waals surface area contributed by atoms with Crippen LogP contribution in [0.25, 0.3) is 22.9 Å². The van der Waals surface area contributed by atoms with Crippen molar-refractivity contribution in [2.45, 2.75) is 12.8 Å². The predicted octanol–water partition coefficient (Wildman–Crippen LogP) is 2.13. The fourth-order valence-corrected chi connectivity index (χ4v) is 0.177. The molecule has 0 unspecified atom stereocenters. The Labute approximate surface area is 85.0 Å². The molecule has 5 nitrogen and oxygen atoms in total. The summed E-state index contributed by atoms with van der Waals surface area (Å²) >= 11 is 0. The van der Waals surface area contributed by atoms with E-state index in [4.69, 9.17) is 22.9 Å². The van der Waals surface area contributed by atoms with Crippen LogP contribution in [0.2, 0.25) is 0 Å². The number of hydrogen-bond donors (Lipinski definition) is 0. The van der Waals surface area contributed by atoms with Gasteiger partial charge in [0.05, 0.1) is 0 Å². The normalized spacial score (nSPS) is 7.00. The third kappa shape index (κ3) is 48.0. The summed E-state index contributed by atoms with van der Waals surface area (Å²) in [6, 6.07) is 0. The van der Waals surface area contributed by atoms with Crippen molar-refractivity contribution in [2.75, 3.05) is 26.2 Å². The molecule has 0 aliphatic carbocycles. The van der Waals surface area contributed by atoms with Gasteiger partial charge in [0, 0.05) is 0 Å². The third-order valence-electron chi connectivity index (χ3n) is 0.707. The third-order valence-corrected chi connectivity index (χ3v) is 0.707. The van der Waals surface area contributed by atoms with E-state index < -0.39 is 0 Å². The van der Waals surface area contributed by atoms with E-state index in [9.17, 15) is 0 Å². The molecule has 0 fully saturated rings.